The molecule has 3 nitrogen and oxygen atoms in total. The summed E-state index contributed by atoms with van der Waals surface area (Å²) in [5.74, 6) is 0. The summed E-state index contributed by atoms with van der Waals surface area (Å²) < 4.78 is 10.9. The average Bonchev–Trinajstić information content (AvgIpc) is 2.82. The molecule has 16 heavy (non-hydrogen) atoms. The van der Waals surface area contributed by atoms with Crippen molar-refractivity contribution in [3.63, 3.8) is 0 Å². The van der Waals surface area contributed by atoms with E-state index in [-0.39, 0.29) is 6.29 Å². The van der Waals surface area contributed by atoms with Crippen LogP contribution < -0.4 is 5.32 Å². The van der Waals surface area contributed by atoms with E-state index >= 15 is 0 Å². The van der Waals surface area contributed by atoms with E-state index in [4.69, 9.17) is 9.47 Å². The molecule has 1 saturated heterocycles. The quantitative estimate of drug-likeness (QED) is 0.819. The molecule has 0 spiro atoms. The largest absolute Gasteiger partial charge is 0.350 e. The maximum Gasteiger partial charge on any atom is 0.159 e. The fraction of sp³-hybridized carbons (Fsp3) is 0.538. The van der Waals surface area contributed by atoms with Gasteiger partial charge in [-0.15, -0.1) is 0 Å². The summed E-state index contributed by atoms with van der Waals surface area (Å²) in [6, 6.07) is 10.9. The Morgan fingerprint density at radius 2 is 1.94 bits per heavy atom. The van der Waals surface area contributed by atoms with Gasteiger partial charge in [-0.05, 0) is 19.0 Å². The van der Waals surface area contributed by atoms with Crippen molar-refractivity contribution >= 4 is 0 Å². The SMILES string of the molecule is CNC(Cc1ccccc1)CC1OCCO1. The standard InChI is InChI=1S/C13H19NO2/c1-14-12(10-13-15-7-8-16-13)9-11-5-3-2-4-6-11/h2-6,12-14H,7-10H2,1H3. The van der Waals surface area contributed by atoms with E-state index < -0.39 is 0 Å². The second-order valence-corrected chi connectivity index (χ2v) is 4.08. The number of likely N-dealkylation sites (N-methyl/N-ethyl adjacent to an activating group) is 1. The zero-order valence-electron chi connectivity index (χ0n) is 9.69. The number of rotatable bonds is 5. The van der Waals surface area contributed by atoms with Gasteiger partial charge in [-0.1, -0.05) is 30.3 Å². The molecule has 0 aliphatic carbocycles. The van der Waals surface area contributed by atoms with Crippen LogP contribution >= 0.6 is 0 Å². The molecular weight excluding hydrogens is 202 g/mol. The smallest absolute Gasteiger partial charge is 0.159 e. The fourth-order valence-corrected chi connectivity index (χ4v) is 1.98. The molecule has 1 atom stereocenters. The molecule has 0 aromatic heterocycles. The van der Waals surface area contributed by atoms with Gasteiger partial charge in [-0.3, -0.25) is 0 Å². The van der Waals surface area contributed by atoms with Crippen molar-refractivity contribution in [2.24, 2.45) is 0 Å². The molecule has 1 aromatic carbocycles. The Hall–Kier alpha value is -0.900. The first kappa shape index (κ1) is 11.6. The average molecular weight is 221 g/mol. The predicted molar refractivity (Wildman–Crippen MR) is 63.3 cm³/mol. The minimum absolute atomic E-state index is 0.0267. The summed E-state index contributed by atoms with van der Waals surface area (Å²) in [6.45, 7) is 1.46. The highest BCUT2D eigenvalue weighted by atomic mass is 16.7. The van der Waals surface area contributed by atoms with Crippen LogP contribution in [0.25, 0.3) is 0 Å². The Morgan fingerprint density at radius 3 is 2.56 bits per heavy atom. The van der Waals surface area contributed by atoms with Gasteiger partial charge >= 0.3 is 0 Å². The lowest BCUT2D eigenvalue weighted by molar-refractivity contribution is -0.0522. The van der Waals surface area contributed by atoms with Gasteiger partial charge < -0.3 is 14.8 Å². The summed E-state index contributed by atoms with van der Waals surface area (Å²) in [5, 5.41) is 3.32. The van der Waals surface area contributed by atoms with Crippen LogP contribution in [0.15, 0.2) is 30.3 Å². The number of benzene rings is 1. The first-order chi connectivity index (χ1) is 7.88. The summed E-state index contributed by atoms with van der Waals surface area (Å²) in [6.07, 6.45) is 1.90. The first-order valence-corrected chi connectivity index (χ1v) is 5.83. The lowest BCUT2D eigenvalue weighted by Crippen LogP contribution is -2.32. The maximum absolute atomic E-state index is 5.46. The molecule has 0 bridgehead atoms. The first-order valence-electron chi connectivity index (χ1n) is 5.83. The molecule has 1 fully saturated rings. The van der Waals surface area contributed by atoms with Crippen LogP contribution in [-0.2, 0) is 15.9 Å². The van der Waals surface area contributed by atoms with E-state index in [2.05, 4.69) is 29.6 Å². The Morgan fingerprint density at radius 1 is 1.25 bits per heavy atom. The van der Waals surface area contributed by atoms with E-state index in [1.54, 1.807) is 0 Å². The second kappa shape index (κ2) is 5.99. The van der Waals surface area contributed by atoms with E-state index in [1.807, 2.05) is 13.1 Å². The molecule has 1 unspecified atom stereocenters. The molecule has 0 radical (unpaired) electrons. The number of nitrogens with one attached hydrogen (secondary N) is 1. The molecule has 1 heterocycles. The molecule has 0 saturated carbocycles. The van der Waals surface area contributed by atoms with E-state index in [1.165, 1.54) is 5.56 Å². The highest BCUT2D eigenvalue weighted by Gasteiger charge is 2.20. The number of hydrogen-bond acceptors (Lipinski definition) is 3. The van der Waals surface area contributed by atoms with Crippen molar-refractivity contribution in [2.45, 2.75) is 25.2 Å². The van der Waals surface area contributed by atoms with Crippen LogP contribution in [0.4, 0.5) is 0 Å². The molecule has 3 heteroatoms. The van der Waals surface area contributed by atoms with Crippen molar-refractivity contribution < 1.29 is 9.47 Å². The van der Waals surface area contributed by atoms with Crippen molar-refractivity contribution in [1.29, 1.82) is 0 Å². The van der Waals surface area contributed by atoms with Crippen molar-refractivity contribution in [1.82, 2.24) is 5.32 Å². The third-order valence-corrected chi connectivity index (χ3v) is 2.90. The van der Waals surface area contributed by atoms with Gasteiger partial charge in [0.2, 0.25) is 0 Å². The lowest BCUT2D eigenvalue weighted by atomic mass is 10.0. The topological polar surface area (TPSA) is 30.5 Å². The summed E-state index contributed by atoms with van der Waals surface area (Å²) >= 11 is 0. The maximum atomic E-state index is 5.46. The normalized spacial score (nSPS) is 18.8. The Bertz CT molecular complexity index is 296. The molecular formula is C13H19NO2. The van der Waals surface area contributed by atoms with Crippen molar-refractivity contribution in [3.05, 3.63) is 35.9 Å². The van der Waals surface area contributed by atoms with Gasteiger partial charge in [0.25, 0.3) is 0 Å². The zero-order valence-corrected chi connectivity index (χ0v) is 9.69. The lowest BCUT2D eigenvalue weighted by Gasteiger charge is -2.19. The third kappa shape index (κ3) is 3.30. The van der Waals surface area contributed by atoms with Gasteiger partial charge in [0, 0.05) is 12.5 Å². The second-order valence-electron chi connectivity index (χ2n) is 4.08. The summed E-state index contributed by atoms with van der Waals surface area (Å²) in [5.41, 5.74) is 1.35. The molecule has 1 aromatic rings. The Balaban J connectivity index is 1.85. The molecule has 2 rings (SSSR count). The van der Waals surface area contributed by atoms with Crippen LogP contribution in [0.2, 0.25) is 0 Å². The third-order valence-electron chi connectivity index (χ3n) is 2.90. The minimum Gasteiger partial charge on any atom is -0.350 e. The van der Waals surface area contributed by atoms with Crippen LogP contribution in [0.5, 0.6) is 0 Å². The van der Waals surface area contributed by atoms with E-state index in [0.29, 0.717) is 6.04 Å². The zero-order chi connectivity index (χ0) is 11.2. The van der Waals surface area contributed by atoms with Crippen LogP contribution in [-0.4, -0.2) is 32.6 Å². The van der Waals surface area contributed by atoms with E-state index in [9.17, 15) is 0 Å². The molecule has 1 N–H and O–H groups in total. The van der Waals surface area contributed by atoms with E-state index in [0.717, 1.165) is 26.1 Å². The van der Waals surface area contributed by atoms with Gasteiger partial charge in [0.05, 0.1) is 13.2 Å². The van der Waals surface area contributed by atoms with Crippen LogP contribution in [0.1, 0.15) is 12.0 Å². The number of ether oxygens (including phenoxy) is 2. The van der Waals surface area contributed by atoms with Crippen LogP contribution in [0, 0.1) is 0 Å². The molecule has 1 aliphatic rings. The van der Waals surface area contributed by atoms with Crippen LogP contribution in [0.3, 0.4) is 0 Å². The molecule has 1 aliphatic heterocycles. The molecule has 88 valence electrons. The molecule has 0 amide bonds. The predicted octanol–water partition coefficient (Wildman–Crippen LogP) is 1.58. The number of hydrogen-bond donors (Lipinski definition) is 1. The van der Waals surface area contributed by atoms with Gasteiger partial charge in [-0.25, -0.2) is 0 Å². The monoisotopic (exact) mass is 221 g/mol. The van der Waals surface area contributed by atoms with Gasteiger partial charge in [-0.2, -0.15) is 0 Å². The highest BCUT2D eigenvalue weighted by Crippen LogP contribution is 2.13. The Labute approximate surface area is 96.8 Å². The summed E-state index contributed by atoms with van der Waals surface area (Å²) in [4.78, 5) is 0. The summed E-state index contributed by atoms with van der Waals surface area (Å²) in [7, 11) is 1.99. The minimum atomic E-state index is -0.0267. The van der Waals surface area contributed by atoms with Gasteiger partial charge in [0.15, 0.2) is 6.29 Å². The fourth-order valence-electron chi connectivity index (χ4n) is 1.98. The Kier molecular flexibility index (Phi) is 4.34. The van der Waals surface area contributed by atoms with Gasteiger partial charge in [0.1, 0.15) is 0 Å². The van der Waals surface area contributed by atoms with Crippen molar-refractivity contribution in [2.75, 3.05) is 20.3 Å². The highest BCUT2D eigenvalue weighted by molar-refractivity contribution is 5.15. The van der Waals surface area contributed by atoms with Crippen molar-refractivity contribution in [3.8, 4) is 0 Å².